The van der Waals surface area contributed by atoms with Crippen molar-refractivity contribution < 1.29 is 14.6 Å². The first kappa shape index (κ1) is 14.2. The van der Waals surface area contributed by atoms with Crippen LogP contribution in [0.1, 0.15) is 18.4 Å². The fourth-order valence-electron chi connectivity index (χ4n) is 2.51. The van der Waals surface area contributed by atoms with E-state index >= 15 is 0 Å². The van der Waals surface area contributed by atoms with Crippen LogP contribution >= 0.6 is 0 Å². The maximum absolute atomic E-state index is 13.3. The van der Waals surface area contributed by atoms with Crippen LogP contribution in [0.25, 0.3) is 0 Å². The van der Waals surface area contributed by atoms with Gasteiger partial charge in [-0.1, -0.05) is 6.07 Å². The third-order valence-electron chi connectivity index (χ3n) is 3.48. The number of hydrogen-bond donors (Lipinski definition) is 3. The number of nitrogens with zero attached hydrogens (tertiary/aromatic N) is 1. The van der Waals surface area contributed by atoms with Gasteiger partial charge < -0.3 is 15.5 Å². The first-order chi connectivity index (χ1) is 9.19. The lowest BCUT2D eigenvalue weighted by molar-refractivity contribution is 0.179. The zero-order valence-electron chi connectivity index (χ0n) is 11.0. The molecule has 106 valence electrons. The van der Waals surface area contributed by atoms with Gasteiger partial charge in [0.2, 0.25) is 0 Å². The summed E-state index contributed by atoms with van der Waals surface area (Å²) in [6, 6.07) is 4.89. The summed E-state index contributed by atoms with van der Waals surface area (Å²) in [4.78, 5) is 2.11. The highest BCUT2D eigenvalue weighted by molar-refractivity contribution is 5.27. The Balaban J connectivity index is 1.96. The standard InChI is InChI=1S/C14H21FN2O2/c15-13-8-11(3-4-14(13)19)9-17(6-7-18)10-12-2-1-5-16-12/h3-4,8,12,16,18-19H,1-2,5-7,9-10H2. The number of nitrogens with one attached hydrogen (secondary N) is 1. The van der Waals surface area contributed by atoms with Crippen molar-refractivity contribution in [1.29, 1.82) is 0 Å². The summed E-state index contributed by atoms with van der Waals surface area (Å²) in [6.45, 7) is 3.14. The molecule has 19 heavy (non-hydrogen) atoms. The minimum Gasteiger partial charge on any atom is -0.505 e. The van der Waals surface area contributed by atoms with Gasteiger partial charge in [-0.3, -0.25) is 4.90 Å². The second kappa shape index (κ2) is 6.84. The van der Waals surface area contributed by atoms with E-state index in [9.17, 15) is 9.50 Å². The first-order valence-corrected chi connectivity index (χ1v) is 6.73. The molecular weight excluding hydrogens is 247 g/mol. The number of aliphatic hydroxyl groups excluding tert-OH is 1. The summed E-state index contributed by atoms with van der Waals surface area (Å²) >= 11 is 0. The van der Waals surface area contributed by atoms with E-state index in [1.165, 1.54) is 18.6 Å². The Labute approximate surface area is 112 Å². The molecule has 1 heterocycles. The molecule has 0 spiro atoms. The Morgan fingerprint density at radius 1 is 1.42 bits per heavy atom. The molecule has 1 saturated heterocycles. The van der Waals surface area contributed by atoms with Gasteiger partial charge in [0.05, 0.1) is 6.61 Å². The number of halogens is 1. The van der Waals surface area contributed by atoms with E-state index < -0.39 is 5.82 Å². The van der Waals surface area contributed by atoms with Crippen LogP contribution < -0.4 is 5.32 Å². The molecule has 1 aliphatic heterocycles. The number of benzene rings is 1. The molecule has 0 bridgehead atoms. The van der Waals surface area contributed by atoms with E-state index in [0.29, 0.717) is 19.1 Å². The van der Waals surface area contributed by atoms with Gasteiger partial charge in [0.1, 0.15) is 0 Å². The van der Waals surface area contributed by atoms with Crippen molar-refractivity contribution in [3.63, 3.8) is 0 Å². The van der Waals surface area contributed by atoms with Crippen LogP contribution in [-0.2, 0) is 6.54 Å². The monoisotopic (exact) mass is 268 g/mol. The van der Waals surface area contributed by atoms with Crippen LogP contribution in [-0.4, -0.2) is 47.4 Å². The zero-order chi connectivity index (χ0) is 13.7. The summed E-state index contributed by atoms with van der Waals surface area (Å²) in [5.41, 5.74) is 0.807. The molecule has 5 heteroatoms. The van der Waals surface area contributed by atoms with Gasteiger partial charge >= 0.3 is 0 Å². The first-order valence-electron chi connectivity index (χ1n) is 6.73. The molecule has 2 rings (SSSR count). The van der Waals surface area contributed by atoms with Gasteiger partial charge in [0, 0.05) is 25.7 Å². The van der Waals surface area contributed by atoms with Crippen LogP contribution in [0.4, 0.5) is 4.39 Å². The largest absolute Gasteiger partial charge is 0.505 e. The van der Waals surface area contributed by atoms with Crippen molar-refractivity contribution in [3.8, 4) is 5.75 Å². The van der Waals surface area contributed by atoms with Crippen molar-refractivity contribution in [2.75, 3.05) is 26.2 Å². The number of rotatable bonds is 6. The van der Waals surface area contributed by atoms with Crippen LogP contribution in [0.15, 0.2) is 18.2 Å². The van der Waals surface area contributed by atoms with Gasteiger partial charge in [-0.2, -0.15) is 0 Å². The molecule has 1 atom stereocenters. The minimum atomic E-state index is -0.597. The lowest BCUT2D eigenvalue weighted by Gasteiger charge is -2.25. The molecule has 0 aromatic heterocycles. The third-order valence-corrected chi connectivity index (χ3v) is 3.48. The van der Waals surface area contributed by atoms with E-state index in [-0.39, 0.29) is 12.4 Å². The lowest BCUT2D eigenvalue weighted by atomic mass is 10.1. The third kappa shape index (κ3) is 4.16. The second-order valence-electron chi connectivity index (χ2n) is 5.04. The number of phenols is 1. The molecule has 3 N–H and O–H groups in total. The summed E-state index contributed by atoms with van der Waals surface area (Å²) in [5.74, 6) is -0.921. The quantitative estimate of drug-likeness (QED) is 0.722. The normalized spacial score (nSPS) is 19.2. The molecular formula is C14H21FN2O2. The predicted molar refractivity (Wildman–Crippen MR) is 71.5 cm³/mol. The minimum absolute atomic E-state index is 0.0906. The molecule has 0 aliphatic carbocycles. The Morgan fingerprint density at radius 2 is 2.26 bits per heavy atom. The lowest BCUT2D eigenvalue weighted by Crippen LogP contribution is -2.38. The number of aromatic hydroxyl groups is 1. The second-order valence-corrected chi connectivity index (χ2v) is 5.04. The van der Waals surface area contributed by atoms with Gasteiger partial charge in [0.15, 0.2) is 11.6 Å². The highest BCUT2D eigenvalue weighted by Gasteiger charge is 2.18. The molecule has 1 aromatic carbocycles. The van der Waals surface area contributed by atoms with Crippen LogP contribution in [0, 0.1) is 5.82 Å². The molecule has 0 radical (unpaired) electrons. The Morgan fingerprint density at radius 3 is 2.89 bits per heavy atom. The highest BCUT2D eigenvalue weighted by Crippen LogP contribution is 2.18. The van der Waals surface area contributed by atoms with Crippen LogP contribution in [0.2, 0.25) is 0 Å². The number of aliphatic hydroxyl groups is 1. The van der Waals surface area contributed by atoms with Crippen LogP contribution in [0.5, 0.6) is 5.75 Å². The Kier molecular flexibility index (Phi) is 5.13. The maximum atomic E-state index is 13.3. The highest BCUT2D eigenvalue weighted by atomic mass is 19.1. The fraction of sp³-hybridized carbons (Fsp3) is 0.571. The summed E-state index contributed by atoms with van der Waals surface area (Å²) in [5, 5.41) is 21.7. The zero-order valence-corrected chi connectivity index (χ0v) is 11.0. The van der Waals surface area contributed by atoms with E-state index in [0.717, 1.165) is 25.1 Å². The van der Waals surface area contributed by atoms with Crippen molar-refractivity contribution in [2.45, 2.75) is 25.4 Å². The fourth-order valence-corrected chi connectivity index (χ4v) is 2.51. The molecule has 1 aromatic rings. The van der Waals surface area contributed by atoms with Gasteiger partial charge in [-0.15, -0.1) is 0 Å². The molecule has 0 saturated carbocycles. The van der Waals surface area contributed by atoms with E-state index in [2.05, 4.69) is 10.2 Å². The maximum Gasteiger partial charge on any atom is 0.165 e. The molecule has 0 amide bonds. The van der Waals surface area contributed by atoms with Crippen molar-refractivity contribution in [3.05, 3.63) is 29.6 Å². The molecule has 1 aliphatic rings. The van der Waals surface area contributed by atoms with Crippen LogP contribution in [0.3, 0.4) is 0 Å². The van der Waals surface area contributed by atoms with Gasteiger partial charge in [-0.05, 0) is 37.1 Å². The Bertz CT molecular complexity index is 408. The number of phenolic OH excluding ortho intramolecular Hbond substituents is 1. The predicted octanol–water partition coefficient (Wildman–Crippen LogP) is 1.08. The Hall–Kier alpha value is -1.17. The van der Waals surface area contributed by atoms with E-state index in [1.54, 1.807) is 6.07 Å². The van der Waals surface area contributed by atoms with Crippen molar-refractivity contribution >= 4 is 0 Å². The molecule has 1 unspecified atom stereocenters. The van der Waals surface area contributed by atoms with E-state index in [1.807, 2.05) is 0 Å². The van der Waals surface area contributed by atoms with E-state index in [4.69, 9.17) is 5.11 Å². The summed E-state index contributed by atoms with van der Waals surface area (Å²) < 4.78 is 13.3. The summed E-state index contributed by atoms with van der Waals surface area (Å²) in [7, 11) is 0. The molecule has 4 nitrogen and oxygen atoms in total. The van der Waals surface area contributed by atoms with Crippen molar-refractivity contribution in [1.82, 2.24) is 10.2 Å². The number of hydrogen-bond acceptors (Lipinski definition) is 4. The molecule has 1 fully saturated rings. The topological polar surface area (TPSA) is 55.7 Å². The van der Waals surface area contributed by atoms with Gasteiger partial charge in [-0.25, -0.2) is 4.39 Å². The summed E-state index contributed by atoms with van der Waals surface area (Å²) in [6.07, 6.45) is 2.33. The average Bonchev–Trinajstić information content (AvgIpc) is 2.87. The smallest absolute Gasteiger partial charge is 0.165 e. The van der Waals surface area contributed by atoms with Gasteiger partial charge in [0.25, 0.3) is 0 Å². The van der Waals surface area contributed by atoms with Crippen molar-refractivity contribution in [2.24, 2.45) is 0 Å². The SMILES string of the molecule is OCCN(Cc1ccc(O)c(F)c1)CC1CCCN1. The average molecular weight is 268 g/mol.